The molecule has 6 nitrogen and oxygen atoms in total. The lowest BCUT2D eigenvalue weighted by Gasteiger charge is -2.10. The summed E-state index contributed by atoms with van der Waals surface area (Å²) in [5, 5.41) is 11.0. The summed E-state index contributed by atoms with van der Waals surface area (Å²) < 4.78 is 0. The summed E-state index contributed by atoms with van der Waals surface area (Å²) >= 11 is 0. The Labute approximate surface area is 110 Å². The number of amides is 2. The Morgan fingerprint density at radius 3 is 2.84 bits per heavy atom. The van der Waals surface area contributed by atoms with E-state index >= 15 is 0 Å². The minimum absolute atomic E-state index is 0.00145. The second-order valence-electron chi connectivity index (χ2n) is 4.37. The van der Waals surface area contributed by atoms with E-state index in [9.17, 15) is 14.4 Å². The van der Waals surface area contributed by atoms with Gasteiger partial charge in [-0.25, -0.2) is 0 Å². The van der Waals surface area contributed by atoms with Crippen molar-refractivity contribution in [2.24, 2.45) is 0 Å². The number of fused-ring (bicyclic) bond motifs is 1. The molecular weight excluding hydrogens is 248 g/mol. The van der Waals surface area contributed by atoms with Crippen molar-refractivity contribution in [1.82, 2.24) is 5.32 Å². The highest BCUT2D eigenvalue weighted by Gasteiger charge is 2.24. The first-order valence-electron chi connectivity index (χ1n) is 5.88. The number of carboxylic acid groups (broad SMARTS) is 1. The number of nitrogens with one attached hydrogen (secondary N) is 1. The first-order chi connectivity index (χ1) is 8.99. The van der Waals surface area contributed by atoms with Crippen LogP contribution in [0.1, 0.15) is 22.3 Å². The van der Waals surface area contributed by atoms with Gasteiger partial charge in [-0.1, -0.05) is 0 Å². The maximum Gasteiger partial charge on any atom is 0.305 e. The molecule has 0 aromatic heterocycles. The van der Waals surface area contributed by atoms with E-state index < -0.39 is 5.97 Å². The predicted octanol–water partition coefficient (Wildman–Crippen LogP) is 0.410. The van der Waals surface area contributed by atoms with Gasteiger partial charge in [0.15, 0.2) is 0 Å². The Kier molecular flexibility index (Phi) is 3.50. The van der Waals surface area contributed by atoms with Gasteiger partial charge in [0.1, 0.15) is 0 Å². The Morgan fingerprint density at radius 1 is 1.42 bits per heavy atom. The van der Waals surface area contributed by atoms with Gasteiger partial charge in [0, 0.05) is 24.8 Å². The lowest BCUT2D eigenvalue weighted by atomic mass is 10.1. The van der Waals surface area contributed by atoms with Crippen LogP contribution in [0.2, 0.25) is 0 Å². The molecule has 0 spiro atoms. The molecule has 1 aliphatic rings. The third-order valence-electron chi connectivity index (χ3n) is 3.04. The van der Waals surface area contributed by atoms with Crippen LogP contribution in [0.15, 0.2) is 18.2 Å². The van der Waals surface area contributed by atoms with Gasteiger partial charge in [0.2, 0.25) is 5.91 Å². The normalized spacial score (nSPS) is 13.3. The monoisotopic (exact) mass is 262 g/mol. The fourth-order valence-electron chi connectivity index (χ4n) is 2.00. The number of carboxylic acids is 1. The Morgan fingerprint density at radius 2 is 2.16 bits per heavy atom. The zero-order chi connectivity index (χ0) is 14.0. The molecule has 1 aromatic rings. The molecule has 1 aromatic carbocycles. The highest BCUT2D eigenvalue weighted by molar-refractivity contribution is 6.03. The number of hydrogen-bond acceptors (Lipinski definition) is 3. The van der Waals surface area contributed by atoms with Gasteiger partial charge < -0.3 is 15.3 Å². The molecule has 0 fully saturated rings. The summed E-state index contributed by atoms with van der Waals surface area (Å²) in [6.45, 7) is 0.0874. The molecule has 0 unspecified atom stereocenters. The quantitative estimate of drug-likeness (QED) is 0.822. The molecule has 1 aliphatic heterocycles. The molecule has 0 aliphatic carbocycles. The summed E-state index contributed by atoms with van der Waals surface area (Å²) in [7, 11) is 1.70. The van der Waals surface area contributed by atoms with E-state index in [0.717, 1.165) is 11.3 Å². The average molecular weight is 262 g/mol. The van der Waals surface area contributed by atoms with Crippen molar-refractivity contribution in [3.05, 3.63) is 29.3 Å². The number of carbonyl (C=O) groups excluding carboxylic acids is 2. The lowest BCUT2D eigenvalue weighted by molar-refractivity contribution is -0.136. The smallest absolute Gasteiger partial charge is 0.305 e. The minimum Gasteiger partial charge on any atom is -0.481 e. The van der Waals surface area contributed by atoms with Crippen LogP contribution in [-0.4, -0.2) is 36.5 Å². The predicted molar refractivity (Wildman–Crippen MR) is 68.1 cm³/mol. The van der Waals surface area contributed by atoms with Crippen LogP contribution in [0.3, 0.4) is 0 Å². The molecule has 0 radical (unpaired) electrons. The average Bonchev–Trinajstić information content (AvgIpc) is 2.64. The molecule has 0 saturated carbocycles. The summed E-state index contributed by atoms with van der Waals surface area (Å²) in [6.07, 6.45) is 0.181. The van der Waals surface area contributed by atoms with Gasteiger partial charge in [-0.15, -0.1) is 0 Å². The second kappa shape index (κ2) is 5.09. The minimum atomic E-state index is -0.957. The molecule has 0 atom stereocenters. The number of anilines is 1. The van der Waals surface area contributed by atoms with Crippen LogP contribution in [0, 0.1) is 0 Å². The number of carbonyl (C=O) groups is 3. The lowest BCUT2D eigenvalue weighted by Crippen LogP contribution is -2.26. The van der Waals surface area contributed by atoms with Crippen molar-refractivity contribution in [1.29, 1.82) is 0 Å². The second-order valence-corrected chi connectivity index (χ2v) is 4.37. The Balaban J connectivity index is 2.07. The van der Waals surface area contributed by atoms with Crippen LogP contribution >= 0.6 is 0 Å². The van der Waals surface area contributed by atoms with Crippen molar-refractivity contribution in [2.45, 2.75) is 12.8 Å². The maximum atomic E-state index is 11.8. The van der Waals surface area contributed by atoms with E-state index in [0.29, 0.717) is 12.0 Å². The van der Waals surface area contributed by atoms with Crippen LogP contribution in [-0.2, 0) is 16.0 Å². The Hall–Kier alpha value is -2.37. The summed E-state index contributed by atoms with van der Waals surface area (Å²) in [6, 6.07) is 5.03. The van der Waals surface area contributed by atoms with Gasteiger partial charge >= 0.3 is 5.97 Å². The zero-order valence-corrected chi connectivity index (χ0v) is 10.5. The highest BCUT2D eigenvalue weighted by atomic mass is 16.4. The van der Waals surface area contributed by atoms with E-state index in [2.05, 4.69) is 5.32 Å². The van der Waals surface area contributed by atoms with E-state index in [1.165, 1.54) is 0 Å². The van der Waals surface area contributed by atoms with E-state index in [4.69, 9.17) is 5.11 Å². The number of benzene rings is 1. The van der Waals surface area contributed by atoms with Crippen molar-refractivity contribution in [2.75, 3.05) is 18.5 Å². The van der Waals surface area contributed by atoms with Gasteiger partial charge in [0.25, 0.3) is 5.91 Å². The van der Waals surface area contributed by atoms with Crippen molar-refractivity contribution in [3.63, 3.8) is 0 Å². The highest BCUT2D eigenvalue weighted by Crippen LogP contribution is 2.28. The van der Waals surface area contributed by atoms with E-state index in [1.54, 1.807) is 30.1 Å². The molecule has 2 rings (SSSR count). The van der Waals surface area contributed by atoms with E-state index in [1.807, 2.05) is 0 Å². The molecule has 2 N–H and O–H groups in total. The maximum absolute atomic E-state index is 11.8. The zero-order valence-electron chi connectivity index (χ0n) is 10.5. The molecular formula is C13H14N2O4. The van der Waals surface area contributed by atoms with Gasteiger partial charge in [-0.05, 0) is 23.8 Å². The van der Waals surface area contributed by atoms with Crippen molar-refractivity contribution in [3.8, 4) is 0 Å². The molecule has 0 bridgehead atoms. The third-order valence-corrected chi connectivity index (χ3v) is 3.04. The van der Waals surface area contributed by atoms with Crippen LogP contribution in [0.5, 0.6) is 0 Å². The SMILES string of the molecule is CN1C(=O)Cc2cc(C(=O)NCCC(=O)O)ccc21. The molecule has 6 heteroatoms. The molecule has 2 amide bonds. The van der Waals surface area contributed by atoms with Crippen molar-refractivity contribution < 1.29 is 19.5 Å². The fraction of sp³-hybridized carbons (Fsp3) is 0.308. The van der Waals surface area contributed by atoms with Gasteiger partial charge in [-0.2, -0.15) is 0 Å². The topological polar surface area (TPSA) is 86.7 Å². The Bertz CT molecular complexity index is 554. The molecule has 1 heterocycles. The van der Waals surface area contributed by atoms with Gasteiger partial charge in [-0.3, -0.25) is 14.4 Å². The van der Waals surface area contributed by atoms with Crippen LogP contribution < -0.4 is 10.2 Å². The number of rotatable bonds is 4. The number of likely N-dealkylation sites (N-methyl/N-ethyl adjacent to an activating group) is 1. The first kappa shape index (κ1) is 13.1. The fourth-order valence-corrected chi connectivity index (χ4v) is 2.00. The summed E-state index contributed by atoms with van der Waals surface area (Å²) in [5.74, 6) is -1.29. The number of aliphatic carboxylic acids is 1. The third kappa shape index (κ3) is 2.73. The first-order valence-corrected chi connectivity index (χ1v) is 5.88. The van der Waals surface area contributed by atoms with Crippen molar-refractivity contribution >= 4 is 23.5 Å². The molecule has 0 saturated heterocycles. The van der Waals surface area contributed by atoms with E-state index in [-0.39, 0.29) is 24.8 Å². The van der Waals surface area contributed by atoms with Crippen LogP contribution in [0.4, 0.5) is 5.69 Å². The molecule has 100 valence electrons. The summed E-state index contributed by atoms with van der Waals surface area (Å²) in [4.78, 5) is 35.2. The summed E-state index contributed by atoms with van der Waals surface area (Å²) in [5.41, 5.74) is 2.07. The number of hydrogen-bond donors (Lipinski definition) is 2. The largest absolute Gasteiger partial charge is 0.481 e. The standard InChI is InChI=1S/C13H14N2O4/c1-15-10-3-2-8(6-9(10)7-11(15)16)13(19)14-5-4-12(17)18/h2-3,6H,4-5,7H2,1H3,(H,14,19)(H,17,18). The van der Waals surface area contributed by atoms with Gasteiger partial charge in [0.05, 0.1) is 12.8 Å². The molecule has 19 heavy (non-hydrogen) atoms. The van der Waals surface area contributed by atoms with Crippen LogP contribution in [0.25, 0.3) is 0 Å². The number of nitrogens with zero attached hydrogens (tertiary/aromatic N) is 1.